The number of carbonyl (C=O) groups excluding carboxylic acids is 6. The fourth-order valence-electron chi connectivity index (χ4n) is 14.8. The highest BCUT2D eigenvalue weighted by Gasteiger charge is 2.39. The highest BCUT2D eigenvalue weighted by atomic mass is 32.1. The molecule has 0 spiro atoms. The first-order chi connectivity index (χ1) is 59.5. The van der Waals surface area contributed by atoms with Gasteiger partial charge in [0, 0.05) is 110 Å². The minimum absolute atomic E-state index is 0.00433. The van der Waals surface area contributed by atoms with E-state index >= 15 is 0 Å². The largest absolute Gasteiger partial charge is 0.381 e. The number of aryl methyl sites for hydroxylation is 4. The van der Waals surface area contributed by atoms with E-state index in [2.05, 4.69) is 91.0 Å². The minimum atomic E-state index is -0.431. The van der Waals surface area contributed by atoms with E-state index in [1.807, 2.05) is 73.6 Å². The van der Waals surface area contributed by atoms with Gasteiger partial charge in [0.05, 0.1) is 76.3 Å². The van der Waals surface area contributed by atoms with Gasteiger partial charge in [0.25, 0.3) is 17.7 Å². The monoisotopic (exact) mass is 1770 g/mol. The van der Waals surface area contributed by atoms with Crippen molar-refractivity contribution in [3.05, 3.63) is 180 Å². The van der Waals surface area contributed by atoms with Crippen LogP contribution in [0.25, 0.3) is 41.4 Å². The number of carbonyl (C=O) groups is 6. The van der Waals surface area contributed by atoms with Crippen LogP contribution in [0.4, 0.5) is 41.4 Å². The third kappa shape index (κ3) is 21.9. The van der Waals surface area contributed by atoms with Gasteiger partial charge in [0.2, 0.25) is 29.7 Å². The van der Waals surface area contributed by atoms with E-state index in [1.165, 1.54) is 94.7 Å². The highest BCUT2D eigenvalue weighted by Crippen LogP contribution is 2.35. The fraction of sp³-hybridized carbons (Fsp3) is 0.424. The lowest BCUT2D eigenvalue weighted by molar-refractivity contribution is -0.132. The van der Waals surface area contributed by atoms with Crippen LogP contribution >= 0.6 is 45.3 Å². The number of pyridine rings is 1. The molecule has 5 aliphatic heterocycles. The number of benzene rings is 3. The van der Waals surface area contributed by atoms with Gasteiger partial charge in [-0.15, -0.1) is 45.3 Å². The van der Waals surface area contributed by atoms with E-state index in [0.717, 1.165) is 99.7 Å². The average molecular weight is 1770 g/mol. The first-order valence-corrected chi connectivity index (χ1v) is 44.1. The molecule has 3 aromatic carbocycles. The van der Waals surface area contributed by atoms with Gasteiger partial charge in [-0.05, 0) is 146 Å². The average Bonchev–Trinajstić information content (AvgIpc) is 1.49. The second-order valence-corrected chi connectivity index (χ2v) is 36.1. The van der Waals surface area contributed by atoms with Crippen LogP contribution in [0.15, 0.2) is 91.3 Å². The smallest absolute Gasteiger partial charge is 0.274 e. The number of nitrogens with two attached hydrogens (primary N) is 1. The minimum Gasteiger partial charge on any atom is -0.381 e. The molecule has 17 rings (SSSR count). The molecule has 39 heteroatoms. The molecule has 0 saturated carbocycles. The maximum absolute atomic E-state index is 13.6. The van der Waals surface area contributed by atoms with E-state index < -0.39 is 5.82 Å². The quantitative estimate of drug-likeness (QED) is 0.0277. The number of Topliss-reactive ketones (excluding diaryl/α,β-unsaturated/α-hetero) is 2. The summed E-state index contributed by atoms with van der Waals surface area (Å²) >= 11 is 5.58. The normalized spacial score (nSPS) is 17.0. The summed E-state index contributed by atoms with van der Waals surface area (Å²) < 4.78 is 67.6. The van der Waals surface area contributed by atoms with Crippen molar-refractivity contribution in [3.8, 4) is 0 Å². The number of fused-ring (bicyclic) bond motifs is 4. The SMILES string of the molecule is CC(=O)N(C)C1CN(C(=O)c2nc(NC(C)c3cccc(F)c3)nc3nc(C)sc23)C1.Cc1nc2nc(NC(C)c3cccc(F)c3)nc(C(=O)CCCN3CCOCC3)c2s1.Cc1nc2nc(NC(C)c3cccc(F)c3)nc(C(=O)N3CCC(N)C3)c2s1.Cc1nc2nc(NC(C)c3cncc(F)c3)nc(C(=O)N3CC(CC(=O)C4CCOC4)C3)c2s1. The lowest BCUT2D eigenvalue weighted by Gasteiger charge is -2.43. The number of hydrogen-bond acceptors (Lipinski definition) is 31. The van der Waals surface area contributed by atoms with Gasteiger partial charge in [-0.1, -0.05) is 36.4 Å². The predicted molar refractivity (Wildman–Crippen MR) is 467 cm³/mol. The molecule has 9 aromatic heterocycles. The van der Waals surface area contributed by atoms with E-state index in [1.54, 1.807) is 51.0 Å². The number of ketones is 2. The Hall–Kier alpha value is -11.3. The number of aromatic nitrogens is 13. The summed E-state index contributed by atoms with van der Waals surface area (Å²) in [7, 11) is 1.74. The van der Waals surface area contributed by atoms with Crippen LogP contribution in [-0.4, -0.2) is 229 Å². The first kappa shape index (κ1) is 89.0. The molecule has 5 saturated heterocycles. The highest BCUT2D eigenvalue weighted by molar-refractivity contribution is 7.20. The lowest BCUT2D eigenvalue weighted by atomic mass is 9.89. The number of halogens is 4. The molecule has 4 amide bonds. The Morgan fingerprint density at radius 1 is 0.492 bits per heavy atom. The number of ether oxygens (including phenoxy) is 2. The van der Waals surface area contributed by atoms with Gasteiger partial charge in [-0.25, -0.2) is 57.4 Å². The van der Waals surface area contributed by atoms with Crippen molar-refractivity contribution in [1.29, 1.82) is 0 Å². The number of nitrogens with zero attached hydrogens (tertiary/aromatic N) is 18. The number of rotatable bonds is 24. The molecule has 5 aliphatic rings. The summed E-state index contributed by atoms with van der Waals surface area (Å²) in [6.07, 6.45) is 5.94. The van der Waals surface area contributed by atoms with Crippen molar-refractivity contribution in [2.24, 2.45) is 17.6 Å². The van der Waals surface area contributed by atoms with Crippen LogP contribution in [0.1, 0.15) is 175 Å². The van der Waals surface area contributed by atoms with Crippen molar-refractivity contribution >= 4 is 146 Å². The first-order valence-electron chi connectivity index (χ1n) is 40.8. The molecule has 124 heavy (non-hydrogen) atoms. The van der Waals surface area contributed by atoms with Crippen molar-refractivity contribution in [3.63, 3.8) is 0 Å². The van der Waals surface area contributed by atoms with Gasteiger partial charge < -0.3 is 56.1 Å². The van der Waals surface area contributed by atoms with Crippen molar-refractivity contribution in [1.82, 2.24) is 89.3 Å². The third-order valence-corrected chi connectivity index (χ3v) is 25.6. The van der Waals surface area contributed by atoms with E-state index in [0.29, 0.717) is 131 Å². The van der Waals surface area contributed by atoms with Gasteiger partial charge >= 0.3 is 0 Å². The van der Waals surface area contributed by atoms with Crippen LogP contribution in [0, 0.1) is 62.8 Å². The van der Waals surface area contributed by atoms with Gasteiger partial charge in [-0.3, -0.25) is 38.7 Å². The van der Waals surface area contributed by atoms with Crippen LogP contribution in [0.3, 0.4) is 0 Å². The number of hydrogen-bond donors (Lipinski definition) is 5. The molecular weight excluding hydrogens is 1680 g/mol. The Kier molecular flexibility index (Phi) is 28.5. The Morgan fingerprint density at radius 3 is 1.31 bits per heavy atom. The van der Waals surface area contributed by atoms with E-state index in [9.17, 15) is 46.3 Å². The number of likely N-dealkylation sites (tertiary alicyclic amines) is 3. The van der Waals surface area contributed by atoms with Crippen molar-refractivity contribution < 1.29 is 55.8 Å². The van der Waals surface area contributed by atoms with Gasteiger partial charge in [-0.2, -0.15) is 19.9 Å². The molecular formula is C85H95F4N23O8S4. The topological polar surface area (TPSA) is 379 Å². The van der Waals surface area contributed by atoms with Crippen molar-refractivity contribution in [2.45, 2.75) is 131 Å². The Bertz CT molecular complexity index is 5920. The summed E-state index contributed by atoms with van der Waals surface area (Å²) in [6, 6.07) is 19.3. The summed E-state index contributed by atoms with van der Waals surface area (Å²) in [4.78, 5) is 143. The molecule has 0 radical (unpaired) electrons. The Morgan fingerprint density at radius 2 is 0.903 bits per heavy atom. The number of morpholine rings is 1. The maximum atomic E-state index is 13.6. The summed E-state index contributed by atoms with van der Waals surface area (Å²) in [5.41, 5.74) is 12.1. The zero-order valence-corrected chi connectivity index (χ0v) is 73.3. The second kappa shape index (κ2) is 39.7. The molecule has 31 nitrogen and oxygen atoms in total. The van der Waals surface area contributed by atoms with Crippen LogP contribution in [0.2, 0.25) is 0 Å². The van der Waals surface area contributed by atoms with E-state index in [4.69, 9.17) is 15.2 Å². The zero-order valence-electron chi connectivity index (χ0n) is 70.0. The zero-order chi connectivity index (χ0) is 87.7. The summed E-state index contributed by atoms with van der Waals surface area (Å²) in [5.74, 6) is -0.472. The van der Waals surface area contributed by atoms with E-state index in [-0.39, 0.29) is 124 Å². The number of nitrogens with one attached hydrogen (secondary N) is 4. The summed E-state index contributed by atoms with van der Waals surface area (Å²) in [5, 5.41) is 15.8. The second-order valence-electron chi connectivity index (χ2n) is 31.3. The molecule has 12 aromatic rings. The standard InChI is InChI=1S/C23H25FN6O3S.C22H26FN5O2S.C21H23FN6O2S.C19H21FN6OS/c1-12(16-6-17(24)8-25-7-16)26-23-28-19(20-21(29-23)27-13(2)34-20)22(32)30-9-14(10-30)5-18(31)15-3-4-33-11-15;1-14(16-5-3-6-17(23)13-16)24-22-26-19(20-21(27-22)25-15(2)31-20)18(29)7-4-8-28-9-11-30-12-10-28;1-11(14-6-5-7-15(22)8-14)23-21-25-17(18-19(26-21)24-12(2)31-18)20(30)28-9-16(10-28)27(4)13(3)29;1-10(12-4-3-5-13(20)8-12)22-19-24-15(16-17(25-19)23-11(2)28-16)18(27)26-7-6-14(21)9-26/h6-8,12,14-15H,3-5,9-11H2,1-2H3,(H,26,28,29);3,5-6,13-14H,4,7-12H2,1-2H3,(H,24,26,27);5-8,11,16H,9-10H2,1-4H3,(H,23,25,26);3-5,8,10,14H,6-7,9,21H2,1-2H3,(H,22,24,25). The van der Waals surface area contributed by atoms with Crippen LogP contribution < -0.4 is 27.0 Å². The number of anilines is 4. The third-order valence-electron chi connectivity index (χ3n) is 21.8. The molecule has 14 heterocycles. The molecule has 650 valence electrons. The number of likely N-dealkylation sites (N-methyl/N-ethyl adjacent to an activating group) is 1. The van der Waals surface area contributed by atoms with Gasteiger partial charge in [0.1, 0.15) is 53.5 Å². The lowest BCUT2D eigenvalue weighted by Crippen LogP contribution is -2.61. The molecule has 6 unspecified atom stereocenters. The fourth-order valence-corrected chi connectivity index (χ4v) is 18.1. The number of thiazole rings is 4. The molecule has 0 bridgehead atoms. The predicted octanol–water partition coefficient (Wildman–Crippen LogP) is 13.1. The molecule has 0 aliphatic carbocycles. The molecule has 5 fully saturated rings. The summed E-state index contributed by atoms with van der Waals surface area (Å²) in [6.45, 7) is 24.9. The van der Waals surface area contributed by atoms with Crippen LogP contribution in [-0.2, 0) is 19.1 Å². The van der Waals surface area contributed by atoms with Gasteiger partial charge in [0.15, 0.2) is 45.5 Å². The van der Waals surface area contributed by atoms with Crippen LogP contribution in [0.5, 0.6) is 0 Å². The maximum Gasteiger partial charge on any atom is 0.274 e. The molecule has 6 N–H and O–H groups in total. The van der Waals surface area contributed by atoms with Crippen molar-refractivity contribution in [2.75, 3.05) is 114 Å². The Balaban J connectivity index is 0.000000135. The molecule has 6 atom stereocenters. The number of amides is 4. The Labute approximate surface area is 727 Å².